The third-order valence-corrected chi connectivity index (χ3v) is 5.61. The fraction of sp³-hybridized carbons (Fsp3) is 0.231. The van der Waals surface area contributed by atoms with Gasteiger partial charge in [-0.3, -0.25) is 9.36 Å². The molecule has 7 nitrogen and oxygen atoms in total. The van der Waals surface area contributed by atoms with Crippen molar-refractivity contribution in [3.05, 3.63) is 71.0 Å². The molecule has 0 atom stereocenters. The van der Waals surface area contributed by atoms with Crippen molar-refractivity contribution in [2.45, 2.75) is 13.0 Å². The zero-order valence-corrected chi connectivity index (χ0v) is 19.0. The van der Waals surface area contributed by atoms with Crippen LogP contribution in [0.25, 0.3) is 33.4 Å². The van der Waals surface area contributed by atoms with Crippen LogP contribution in [0.3, 0.4) is 0 Å². The highest BCUT2D eigenvalue weighted by molar-refractivity contribution is 5.82. The van der Waals surface area contributed by atoms with Crippen LogP contribution in [0.4, 0.5) is 0 Å². The highest BCUT2D eigenvalue weighted by atomic mass is 16.5. The summed E-state index contributed by atoms with van der Waals surface area (Å²) in [5.74, 6) is 2.68. The molecule has 0 saturated carbocycles. The second-order valence-corrected chi connectivity index (χ2v) is 7.56. The van der Waals surface area contributed by atoms with Crippen LogP contribution in [-0.4, -0.2) is 37.4 Å². The third-order valence-electron chi connectivity index (χ3n) is 5.61. The van der Waals surface area contributed by atoms with Gasteiger partial charge in [-0.2, -0.15) is 0 Å². The average molecular weight is 446 g/mol. The molecule has 0 saturated heterocycles. The summed E-state index contributed by atoms with van der Waals surface area (Å²) in [5, 5.41) is 0.523. The van der Waals surface area contributed by atoms with Crippen LogP contribution in [0.15, 0.2) is 65.5 Å². The van der Waals surface area contributed by atoms with Crippen LogP contribution >= 0.6 is 0 Å². The molecule has 0 radical (unpaired) electrons. The molecule has 4 rings (SSSR count). The number of benzene rings is 3. The maximum atomic E-state index is 13.3. The van der Waals surface area contributed by atoms with Gasteiger partial charge >= 0.3 is 0 Å². The monoisotopic (exact) mass is 445 g/mol. The predicted molar refractivity (Wildman–Crippen MR) is 130 cm³/mol. The lowest BCUT2D eigenvalue weighted by Crippen LogP contribution is -2.24. The largest absolute Gasteiger partial charge is 0.497 e. The number of rotatable bonds is 8. The van der Waals surface area contributed by atoms with E-state index in [1.165, 1.54) is 0 Å². The molecule has 0 unspecified atom stereocenters. The number of fused-ring (bicyclic) bond motifs is 1. The fourth-order valence-corrected chi connectivity index (χ4v) is 3.84. The molecule has 2 N–H and O–H groups in total. The van der Waals surface area contributed by atoms with Gasteiger partial charge < -0.3 is 19.9 Å². The summed E-state index contributed by atoms with van der Waals surface area (Å²) < 4.78 is 17.8. The van der Waals surface area contributed by atoms with Crippen molar-refractivity contribution < 1.29 is 14.2 Å². The molecule has 0 fully saturated rings. The average Bonchev–Trinajstić information content (AvgIpc) is 2.87. The van der Waals surface area contributed by atoms with Crippen LogP contribution in [-0.2, 0) is 6.54 Å². The molecule has 0 amide bonds. The predicted octanol–water partition coefficient (Wildman–Crippen LogP) is 4.11. The first-order valence-electron chi connectivity index (χ1n) is 10.7. The van der Waals surface area contributed by atoms with Gasteiger partial charge in [-0.15, -0.1) is 0 Å². The highest BCUT2D eigenvalue weighted by Crippen LogP contribution is 2.34. The van der Waals surface area contributed by atoms with Crippen molar-refractivity contribution in [3.63, 3.8) is 0 Å². The molecule has 0 spiro atoms. The molecule has 3 aromatic carbocycles. The molecule has 1 aromatic heterocycles. The zero-order chi connectivity index (χ0) is 23.4. The second-order valence-electron chi connectivity index (χ2n) is 7.56. The van der Waals surface area contributed by atoms with Gasteiger partial charge in [-0.25, -0.2) is 4.98 Å². The van der Waals surface area contributed by atoms with E-state index in [1.807, 2.05) is 54.6 Å². The van der Waals surface area contributed by atoms with E-state index in [0.717, 1.165) is 28.2 Å². The lowest BCUT2D eigenvalue weighted by atomic mass is 10.0. The van der Waals surface area contributed by atoms with Crippen LogP contribution in [0.1, 0.15) is 6.42 Å². The number of aromatic nitrogens is 2. The minimum absolute atomic E-state index is 0.108. The van der Waals surface area contributed by atoms with E-state index < -0.39 is 0 Å². The first-order valence-corrected chi connectivity index (χ1v) is 10.7. The molecular weight excluding hydrogens is 418 g/mol. The lowest BCUT2D eigenvalue weighted by Gasteiger charge is -2.15. The second kappa shape index (κ2) is 9.75. The van der Waals surface area contributed by atoms with E-state index >= 15 is 0 Å². The van der Waals surface area contributed by atoms with E-state index in [-0.39, 0.29) is 5.56 Å². The Morgan fingerprint density at radius 2 is 1.52 bits per heavy atom. The van der Waals surface area contributed by atoms with E-state index in [0.29, 0.717) is 42.0 Å². The Morgan fingerprint density at radius 1 is 0.848 bits per heavy atom. The Kier molecular flexibility index (Phi) is 6.60. The van der Waals surface area contributed by atoms with Gasteiger partial charge in [0.25, 0.3) is 5.56 Å². The van der Waals surface area contributed by atoms with Gasteiger partial charge in [0.05, 0.1) is 32.2 Å². The Balaban J connectivity index is 1.81. The number of hydrogen-bond acceptors (Lipinski definition) is 6. The lowest BCUT2D eigenvalue weighted by molar-refractivity contribution is 0.395. The molecule has 7 heteroatoms. The van der Waals surface area contributed by atoms with Crippen LogP contribution < -0.4 is 25.5 Å². The van der Waals surface area contributed by atoms with Crippen molar-refractivity contribution in [1.82, 2.24) is 9.55 Å². The molecule has 0 bridgehead atoms. The first-order chi connectivity index (χ1) is 16.1. The van der Waals surface area contributed by atoms with Crippen molar-refractivity contribution in [2.75, 3.05) is 27.9 Å². The van der Waals surface area contributed by atoms with Gasteiger partial charge in [-0.1, -0.05) is 24.3 Å². The standard InChI is InChI=1S/C26H27N3O4/c1-31-19-10-12-23-22(15-19)26(30)29(14-4-13-27)25(28-23)18-7-5-17(6-8-18)21-11-9-20(32-2)16-24(21)33-3/h5-12,15-16H,4,13-14,27H2,1-3H3. The van der Waals surface area contributed by atoms with Crippen molar-refractivity contribution in [3.8, 4) is 39.8 Å². The smallest absolute Gasteiger partial charge is 0.261 e. The molecule has 0 aliphatic heterocycles. The summed E-state index contributed by atoms with van der Waals surface area (Å²) in [7, 11) is 4.84. The quantitative estimate of drug-likeness (QED) is 0.439. The Labute approximate surface area is 192 Å². The maximum Gasteiger partial charge on any atom is 0.261 e. The number of methoxy groups -OCH3 is 3. The summed E-state index contributed by atoms with van der Waals surface area (Å²) >= 11 is 0. The molecule has 4 aromatic rings. The molecule has 33 heavy (non-hydrogen) atoms. The fourth-order valence-electron chi connectivity index (χ4n) is 3.84. The number of nitrogens with two attached hydrogens (primary N) is 1. The van der Waals surface area contributed by atoms with Crippen molar-refractivity contribution >= 4 is 10.9 Å². The van der Waals surface area contributed by atoms with Crippen molar-refractivity contribution in [2.24, 2.45) is 5.73 Å². The SMILES string of the molecule is COc1ccc(-c2ccc(-c3nc4ccc(OC)cc4c(=O)n3CCCN)cc2)c(OC)c1. The first kappa shape index (κ1) is 22.4. The van der Waals surface area contributed by atoms with Crippen LogP contribution in [0, 0.1) is 0 Å². The Hall–Kier alpha value is -3.84. The summed E-state index contributed by atoms with van der Waals surface area (Å²) in [6.07, 6.45) is 0.672. The normalized spacial score (nSPS) is 10.9. The van der Waals surface area contributed by atoms with Gasteiger partial charge in [0.1, 0.15) is 23.1 Å². The topological polar surface area (TPSA) is 88.6 Å². The van der Waals surface area contributed by atoms with E-state index in [9.17, 15) is 4.79 Å². The summed E-state index contributed by atoms with van der Waals surface area (Å²) in [6.45, 7) is 0.969. The van der Waals surface area contributed by atoms with E-state index in [1.54, 1.807) is 32.0 Å². The van der Waals surface area contributed by atoms with Gasteiger partial charge in [0, 0.05) is 23.7 Å². The number of ether oxygens (including phenoxy) is 3. The molecule has 1 heterocycles. The van der Waals surface area contributed by atoms with E-state index in [4.69, 9.17) is 24.9 Å². The summed E-state index contributed by atoms with van der Waals surface area (Å²) in [5.41, 5.74) is 9.03. The minimum atomic E-state index is -0.108. The highest BCUT2D eigenvalue weighted by Gasteiger charge is 2.14. The zero-order valence-electron chi connectivity index (χ0n) is 19.0. The number of nitrogens with zero attached hydrogens (tertiary/aromatic N) is 2. The molecule has 0 aliphatic carbocycles. The summed E-state index contributed by atoms with van der Waals surface area (Å²) in [6, 6.07) is 19.0. The number of hydrogen-bond donors (Lipinski definition) is 1. The van der Waals surface area contributed by atoms with Gasteiger partial charge in [-0.05, 0) is 48.9 Å². The molecule has 0 aliphatic rings. The molecule has 170 valence electrons. The maximum absolute atomic E-state index is 13.3. The Bertz CT molecular complexity index is 1330. The minimum Gasteiger partial charge on any atom is -0.497 e. The van der Waals surface area contributed by atoms with Crippen LogP contribution in [0.2, 0.25) is 0 Å². The van der Waals surface area contributed by atoms with E-state index in [2.05, 4.69) is 0 Å². The third kappa shape index (κ3) is 4.40. The Morgan fingerprint density at radius 3 is 2.18 bits per heavy atom. The van der Waals surface area contributed by atoms with Crippen LogP contribution in [0.5, 0.6) is 17.2 Å². The van der Waals surface area contributed by atoms with Gasteiger partial charge in [0.2, 0.25) is 0 Å². The van der Waals surface area contributed by atoms with Crippen molar-refractivity contribution in [1.29, 1.82) is 0 Å². The molecular formula is C26H27N3O4. The summed E-state index contributed by atoms with van der Waals surface area (Å²) in [4.78, 5) is 18.1. The van der Waals surface area contributed by atoms with Gasteiger partial charge in [0.15, 0.2) is 0 Å².